The molecule has 3 heteroatoms. The van der Waals surface area contributed by atoms with Gasteiger partial charge in [0, 0.05) is 22.0 Å². The van der Waals surface area contributed by atoms with Crippen LogP contribution in [0.25, 0.3) is 21.8 Å². The van der Waals surface area contributed by atoms with Gasteiger partial charge in [-0.05, 0) is 36.4 Å². The Kier molecular flexibility index (Phi) is 3.24. The van der Waals surface area contributed by atoms with Gasteiger partial charge in [0.05, 0.1) is 16.7 Å². The summed E-state index contributed by atoms with van der Waals surface area (Å²) in [5, 5.41) is 5.63. The summed E-state index contributed by atoms with van der Waals surface area (Å²) in [4.78, 5) is 15.5. The molecule has 0 saturated heterocycles. The van der Waals surface area contributed by atoms with Crippen LogP contribution in [0.3, 0.4) is 0 Å². The van der Waals surface area contributed by atoms with Crippen molar-refractivity contribution < 1.29 is 4.79 Å². The number of hydrogen-bond acceptors (Lipinski definition) is 3. The highest BCUT2D eigenvalue weighted by Crippen LogP contribution is 2.32. The third-order valence-electron chi connectivity index (χ3n) is 3.90. The van der Waals surface area contributed by atoms with Crippen molar-refractivity contribution in [1.29, 1.82) is 0 Å². The maximum atomic E-state index is 10.8. The quantitative estimate of drug-likeness (QED) is 0.430. The number of anilines is 2. The van der Waals surface area contributed by atoms with E-state index in [1.54, 1.807) is 12.1 Å². The van der Waals surface area contributed by atoms with Gasteiger partial charge in [-0.2, -0.15) is 0 Å². The van der Waals surface area contributed by atoms with Crippen molar-refractivity contribution in [3.63, 3.8) is 0 Å². The molecule has 110 valence electrons. The van der Waals surface area contributed by atoms with E-state index < -0.39 is 0 Å². The Bertz CT molecular complexity index is 953. The van der Waals surface area contributed by atoms with Crippen molar-refractivity contribution in [1.82, 2.24) is 4.98 Å². The minimum absolute atomic E-state index is 0.667. The first-order chi connectivity index (χ1) is 11.3. The molecule has 0 fully saturated rings. The van der Waals surface area contributed by atoms with Crippen LogP contribution in [0.2, 0.25) is 0 Å². The van der Waals surface area contributed by atoms with E-state index in [1.165, 1.54) is 0 Å². The summed E-state index contributed by atoms with van der Waals surface area (Å²) in [6.45, 7) is 0. The van der Waals surface area contributed by atoms with E-state index in [1.807, 2.05) is 48.5 Å². The van der Waals surface area contributed by atoms with Gasteiger partial charge in [-0.3, -0.25) is 4.79 Å². The number of aromatic nitrogens is 1. The molecule has 0 aliphatic rings. The van der Waals surface area contributed by atoms with Gasteiger partial charge in [-0.15, -0.1) is 0 Å². The first-order valence-electron chi connectivity index (χ1n) is 7.45. The Morgan fingerprint density at radius 3 is 1.87 bits per heavy atom. The highest BCUT2D eigenvalue weighted by Gasteiger charge is 2.08. The van der Waals surface area contributed by atoms with Crippen LogP contribution < -0.4 is 5.32 Å². The fourth-order valence-corrected chi connectivity index (χ4v) is 2.76. The number of benzene rings is 3. The summed E-state index contributed by atoms with van der Waals surface area (Å²) >= 11 is 0. The number of aldehydes is 1. The van der Waals surface area contributed by atoms with Gasteiger partial charge in [-0.25, -0.2) is 4.98 Å². The number of para-hydroxylation sites is 2. The minimum atomic E-state index is 0.667. The second-order valence-corrected chi connectivity index (χ2v) is 5.39. The maximum Gasteiger partial charge on any atom is 0.150 e. The van der Waals surface area contributed by atoms with Crippen LogP contribution in [-0.4, -0.2) is 11.3 Å². The van der Waals surface area contributed by atoms with E-state index >= 15 is 0 Å². The van der Waals surface area contributed by atoms with Gasteiger partial charge in [0.2, 0.25) is 0 Å². The molecule has 3 nitrogen and oxygen atoms in total. The monoisotopic (exact) mass is 298 g/mol. The highest BCUT2D eigenvalue weighted by molar-refractivity contribution is 6.08. The van der Waals surface area contributed by atoms with Crippen LogP contribution in [-0.2, 0) is 0 Å². The molecular weight excluding hydrogens is 284 g/mol. The Labute approximate surface area is 133 Å². The number of nitrogens with zero attached hydrogens (tertiary/aromatic N) is 1. The standard InChI is InChI=1S/C20H14N2O/c23-13-14-9-11-15(12-10-14)21-20-16-5-1-3-7-18(16)22-19-8-4-2-6-17(19)20/h1-13H,(H,21,22). The van der Waals surface area contributed by atoms with E-state index in [-0.39, 0.29) is 0 Å². The largest absolute Gasteiger partial charge is 0.354 e. The third-order valence-corrected chi connectivity index (χ3v) is 3.90. The Balaban J connectivity index is 1.92. The molecule has 1 heterocycles. The highest BCUT2D eigenvalue weighted by atomic mass is 16.1. The molecule has 3 aromatic carbocycles. The minimum Gasteiger partial charge on any atom is -0.354 e. The third kappa shape index (κ3) is 2.42. The molecular formula is C20H14N2O. The molecule has 0 saturated carbocycles. The lowest BCUT2D eigenvalue weighted by Gasteiger charge is -2.13. The number of rotatable bonds is 3. The number of hydrogen-bond donors (Lipinski definition) is 1. The van der Waals surface area contributed by atoms with Crippen molar-refractivity contribution in [2.24, 2.45) is 0 Å². The van der Waals surface area contributed by atoms with Crippen LogP contribution in [0.5, 0.6) is 0 Å². The molecule has 0 bridgehead atoms. The van der Waals surface area contributed by atoms with Gasteiger partial charge < -0.3 is 5.32 Å². The molecule has 4 rings (SSSR count). The Hall–Kier alpha value is -3.20. The lowest BCUT2D eigenvalue weighted by Crippen LogP contribution is -1.95. The first kappa shape index (κ1) is 13.5. The average Bonchev–Trinajstić information content (AvgIpc) is 2.62. The molecule has 0 aliphatic heterocycles. The van der Waals surface area contributed by atoms with Crippen LogP contribution >= 0.6 is 0 Å². The molecule has 4 aromatic rings. The lowest BCUT2D eigenvalue weighted by atomic mass is 10.1. The van der Waals surface area contributed by atoms with Crippen molar-refractivity contribution in [3.05, 3.63) is 78.4 Å². The van der Waals surface area contributed by atoms with Crippen LogP contribution in [0.15, 0.2) is 72.8 Å². The van der Waals surface area contributed by atoms with Gasteiger partial charge in [0.15, 0.2) is 0 Å². The SMILES string of the molecule is O=Cc1ccc(Nc2c3ccccc3nc3ccccc23)cc1. The van der Waals surface area contributed by atoms with E-state index in [2.05, 4.69) is 17.4 Å². The molecule has 1 aromatic heterocycles. The predicted molar refractivity (Wildman–Crippen MR) is 94.4 cm³/mol. The van der Waals surface area contributed by atoms with Crippen molar-refractivity contribution in [2.75, 3.05) is 5.32 Å². The summed E-state index contributed by atoms with van der Waals surface area (Å²) < 4.78 is 0. The van der Waals surface area contributed by atoms with E-state index in [0.717, 1.165) is 39.5 Å². The molecule has 0 aliphatic carbocycles. The molecule has 23 heavy (non-hydrogen) atoms. The topological polar surface area (TPSA) is 42.0 Å². The van der Waals surface area contributed by atoms with Crippen LogP contribution in [0.1, 0.15) is 10.4 Å². The zero-order valence-corrected chi connectivity index (χ0v) is 12.4. The maximum absolute atomic E-state index is 10.8. The fraction of sp³-hybridized carbons (Fsp3) is 0. The normalized spacial score (nSPS) is 10.8. The smallest absolute Gasteiger partial charge is 0.150 e. The van der Waals surface area contributed by atoms with Crippen LogP contribution in [0, 0.1) is 0 Å². The number of nitrogens with one attached hydrogen (secondary N) is 1. The molecule has 0 amide bonds. The number of pyridine rings is 1. The van der Waals surface area contributed by atoms with Gasteiger partial charge in [0.1, 0.15) is 6.29 Å². The van der Waals surface area contributed by atoms with Gasteiger partial charge >= 0.3 is 0 Å². The molecule has 0 radical (unpaired) electrons. The Morgan fingerprint density at radius 1 is 0.739 bits per heavy atom. The molecule has 0 unspecified atom stereocenters. The second kappa shape index (κ2) is 5.54. The zero-order chi connectivity index (χ0) is 15.6. The summed E-state index contributed by atoms with van der Waals surface area (Å²) in [5.74, 6) is 0. The average molecular weight is 298 g/mol. The van der Waals surface area contributed by atoms with E-state index in [0.29, 0.717) is 5.56 Å². The predicted octanol–water partition coefficient (Wildman–Crippen LogP) is 4.94. The van der Waals surface area contributed by atoms with Gasteiger partial charge in [0.25, 0.3) is 0 Å². The van der Waals surface area contributed by atoms with Crippen molar-refractivity contribution in [3.8, 4) is 0 Å². The lowest BCUT2D eigenvalue weighted by molar-refractivity contribution is 0.112. The second-order valence-electron chi connectivity index (χ2n) is 5.39. The first-order valence-corrected chi connectivity index (χ1v) is 7.45. The summed E-state index contributed by atoms with van der Waals surface area (Å²) in [6.07, 6.45) is 0.848. The molecule has 1 N–H and O–H groups in total. The summed E-state index contributed by atoms with van der Waals surface area (Å²) in [6, 6.07) is 23.6. The van der Waals surface area contributed by atoms with Crippen molar-refractivity contribution in [2.45, 2.75) is 0 Å². The Morgan fingerprint density at radius 2 is 1.30 bits per heavy atom. The van der Waals surface area contributed by atoms with E-state index in [9.17, 15) is 4.79 Å². The number of fused-ring (bicyclic) bond motifs is 2. The van der Waals surface area contributed by atoms with Crippen LogP contribution in [0.4, 0.5) is 11.4 Å². The number of carbonyl (C=O) groups excluding carboxylic acids is 1. The summed E-state index contributed by atoms with van der Waals surface area (Å²) in [5.41, 5.74) is 4.55. The fourth-order valence-electron chi connectivity index (χ4n) is 2.76. The number of carbonyl (C=O) groups is 1. The molecule has 0 atom stereocenters. The summed E-state index contributed by atoms with van der Waals surface area (Å²) in [7, 11) is 0. The zero-order valence-electron chi connectivity index (χ0n) is 12.4. The van der Waals surface area contributed by atoms with Crippen molar-refractivity contribution >= 4 is 39.5 Å². The van der Waals surface area contributed by atoms with E-state index in [4.69, 9.17) is 4.98 Å². The molecule has 0 spiro atoms. The van der Waals surface area contributed by atoms with Gasteiger partial charge in [-0.1, -0.05) is 36.4 Å².